The molecular weight excluding hydrogens is 422 g/mol. The number of amides is 1. The van der Waals surface area contributed by atoms with Gasteiger partial charge in [-0.2, -0.15) is 0 Å². The molecule has 1 aliphatic heterocycles. The Bertz CT molecular complexity index is 1630. The van der Waals surface area contributed by atoms with E-state index in [1.807, 2.05) is 43.3 Å². The third-order valence-corrected chi connectivity index (χ3v) is 5.61. The third kappa shape index (κ3) is 3.22. The van der Waals surface area contributed by atoms with Gasteiger partial charge < -0.3 is 23.6 Å². The molecule has 0 bridgehead atoms. The summed E-state index contributed by atoms with van der Waals surface area (Å²) in [6.45, 7) is 2.05. The molecule has 0 atom stereocenters. The van der Waals surface area contributed by atoms with Crippen LogP contribution in [-0.4, -0.2) is 12.7 Å². The topological polar surface area (TPSA) is 90.9 Å². The number of nitrogens with one attached hydrogen (secondary N) is 1. The average Bonchev–Trinajstić information content (AvgIpc) is 3.42. The zero-order valence-electron chi connectivity index (χ0n) is 17.5. The summed E-state index contributed by atoms with van der Waals surface area (Å²) >= 11 is 0. The predicted molar refractivity (Wildman–Crippen MR) is 123 cm³/mol. The maximum Gasteiger partial charge on any atom is 0.336 e. The van der Waals surface area contributed by atoms with Gasteiger partial charge in [-0.3, -0.25) is 4.79 Å². The van der Waals surface area contributed by atoms with Crippen LogP contribution in [0.25, 0.3) is 33.3 Å². The first-order chi connectivity index (χ1) is 16.1. The van der Waals surface area contributed by atoms with Crippen LogP contribution in [0, 0.1) is 6.92 Å². The summed E-state index contributed by atoms with van der Waals surface area (Å²) in [6.07, 6.45) is 0. The highest BCUT2D eigenvalue weighted by Crippen LogP contribution is 2.41. The van der Waals surface area contributed by atoms with Gasteiger partial charge >= 0.3 is 5.63 Å². The first-order valence-electron chi connectivity index (χ1n) is 10.3. The second-order valence-corrected chi connectivity index (χ2v) is 7.80. The molecule has 0 spiro atoms. The lowest BCUT2D eigenvalue weighted by Gasteiger charge is -2.09. The van der Waals surface area contributed by atoms with E-state index >= 15 is 0 Å². The number of rotatable bonds is 3. The van der Waals surface area contributed by atoms with Crippen LogP contribution in [0.1, 0.15) is 15.9 Å². The number of furan rings is 1. The number of hydrogen-bond donors (Lipinski definition) is 1. The van der Waals surface area contributed by atoms with E-state index in [1.54, 1.807) is 24.3 Å². The molecule has 5 aromatic rings. The molecular formula is C26H17NO6. The molecule has 33 heavy (non-hydrogen) atoms. The fourth-order valence-electron chi connectivity index (χ4n) is 4.04. The van der Waals surface area contributed by atoms with Gasteiger partial charge in [0.15, 0.2) is 17.3 Å². The lowest BCUT2D eigenvalue weighted by molar-refractivity contribution is 0.102. The lowest BCUT2D eigenvalue weighted by atomic mass is 10.0. The summed E-state index contributed by atoms with van der Waals surface area (Å²) in [5.41, 5.74) is 2.91. The monoisotopic (exact) mass is 439 g/mol. The highest BCUT2D eigenvalue weighted by molar-refractivity contribution is 6.13. The summed E-state index contributed by atoms with van der Waals surface area (Å²) in [7, 11) is 0. The Balaban J connectivity index is 1.52. The molecule has 0 saturated heterocycles. The van der Waals surface area contributed by atoms with Gasteiger partial charge in [0.2, 0.25) is 6.79 Å². The molecule has 0 saturated carbocycles. The molecule has 6 rings (SSSR count). The number of anilines is 1. The molecule has 1 aliphatic rings. The van der Waals surface area contributed by atoms with Crippen molar-refractivity contribution in [2.24, 2.45) is 0 Å². The number of fused-ring (bicyclic) bond motifs is 3. The predicted octanol–water partition coefficient (Wildman–Crippen LogP) is 5.50. The SMILES string of the molecule is Cc1ccc2c(-c3oc4ccccc4c3NC(=O)c3ccc4c(c3)OCO4)cc(=O)oc2c1. The average molecular weight is 439 g/mol. The highest BCUT2D eigenvalue weighted by Gasteiger charge is 2.23. The summed E-state index contributed by atoms with van der Waals surface area (Å²) in [5, 5.41) is 4.40. The van der Waals surface area contributed by atoms with Crippen molar-refractivity contribution in [3.05, 3.63) is 88.3 Å². The van der Waals surface area contributed by atoms with Crippen molar-refractivity contribution in [2.45, 2.75) is 6.92 Å². The third-order valence-electron chi connectivity index (χ3n) is 5.61. The van der Waals surface area contributed by atoms with Gasteiger partial charge in [-0.15, -0.1) is 0 Å². The Morgan fingerprint density at radius 1 is 0.848 bits per heavy atom. The fraction of sp³-hybridized carbons (Fsp3) is 0.0769. The van der Waals surface area contributed by atoms with Crippen LogP contribution in [0.15, 0.2) is 80.4 Å². The molecule has 3 aromatic carbocycles. The van der Waals surface area contributed by atoms with Gasteiger partial charge in [-0.1, -0.05) is 24.3 Å². The van der Waals surface area contributed by atoms with Crippen LogP contribution in [-0.2, 0) is 0 Å². The largest absolute Gasteiger partial charge is 0.454 e. The molecule has 0 aliphatic carbocycles. The summed E-state index contributed by atoms with van der Waals surface area (Å²) in [5.74, 6) is 1.15. The van der Waals surface area contributed by atoms with E-state index in [2.05, 4.69) is 5.32 Å². The number of carbonyl (C=O) groups excluding carboxylic acids is 1. The smallest absolute Gasteiger partial charge is 0.336 e. The van der Waals surface area contributed by atoms with Gasteiger partial charge in [0.25, 0.3) is 5.91 Å². The van der Waals surface area contributed by atoms with E-state index in [-0.39, 0.29) is 12.7 Å². The van der Waals surface area contributed by atoms with Crippen LogP contribution in [0.3, 0.4) is 0 Å². The Morgan fingerprint density at radius 3 is 2.61 bits per heavy atom. The van der Waals surface area contributed by atoms with Crippen molar-refractivity contribution < 1.29 is 23.1 Å². The van der Waals surface area contributed by atoms with Gasteiger partial charge in [0, 0.05) is 28.0 Å². The fourth-order valence-corrected chi connectivity index (χ4v) is 4.04. The van der Waals surface area contributed by atoms with E-state index in [0.717, 1.165) is 10.9 Å². The van der Waals surface area contributed by atoms with E-state index in [9.17, 15) is 9.59 Å². The standard InChI is InChI=1S/C26H17NO6/c1-14-6-8-16-18(12-23(28)32-21(16)10-14)25-24(17-4-2-3-5-19(17)33-25)27-26(29)15-7-9-20-22(11-15)31-13-30-20/h2-12H,13H2,1H3,(H,27,29). The number of hydrogen-bond acceptors (Lipinski definition) is 6. The van der Waals surface area contributed by atoms with E-state index in [4.69, 9.17) is 18.3 Å². The van der Waals surface area contributed by atoms with Gasteiger partial charge in [0.05, 0.1) is 5.69 Å². The Kier molecular flexibility index (Phi) is 4.23. The van der Waals surface area contributed by atoms with Gasteiger partial charge in [-0.25, -0.2) is 4.79 Å². The minimum absolute atomic E-state index is 0.125. The zero-order chi connectivity index (χ0) is 22.5. The van der Waals surface area contributed by atoms with Crippen LogP contribution < -0.4 is 20.4 Å². The number of ether oxygens (including phenoxy) is 2. The minimum atomic E-state index is -0.503. The molecule has 0 unspecified atom stereocenters. The molecule has 0 radical (unpaired) electrons. The van der Waals surface area contributed by atoms with E-state index < -0.39 is 5.63 Å². The molecule has 2 aromatic heterocycles. The van der Waals surface area contributed by atoms with Crippen LogP contribution >= 0.6 is 0 Å². The molecule has 162 valence electrons. The summed E-state index contributed by atoms with van der Waals surface area (Å²) in [4.78, 5) is 25.5. The normalized spacial score (nSPS) is 12.4. The molecule has 0 fully saturated rings. The molecule has 1 N–H and O–H groups in total. The second kappa shape index (κ2) is 7.27. The maximum atomic E-state index is 13.2. The second-order valence-electron chi connectivity index (χ2n) is 7.80. The minimum Gasteiger partial charge on any atom is -0.454 e. The van der Waals surface area contributed by atoms with E-state index in [1.165, 1.54) is 6.07 Å². The van der Waals surface area contributed by atoms with Gasteiger partial charge in [-0.05, 0) is 48.9 Å². The van der Waals surface area contributed by atoms with Gasteiger partial charge in [0.1, 0.15) is 11.2 Å². The van der Waals surface area contributed by atoms with E-state index in [0.29, 0.717) is 50.6 Å². The summed E-state index contributed by atoms with van der Waals surface area (Å²) < 4.78 is 22.3. The highest BCUT2D eigenvalue weighted by atomic mass is 16.7. The van der Waals surface area contributed by atoms with Crippen molar-refractivity contribution in [2.75, 3.05) is 12.1 Å². The lowest BCUT2D eigenvalue weighted by Crippen LogP contribution is -2.12. The Hall–Kier alpha value is -4.52. The number of aryl methyl sites for hydroxylation is 1. The Morgan fingerprint density at radius 2 is 1.70 bits per heavy atom. The van der Waals surface area contributed by atoms with Crippen LogP contribution in [0.4, 0.5) is 5.69 Å². The quantitative estimate of drug-likeness (QED) is 0.374. The Labute approximate surface area is 187 Å². The molecule has 7 heteroatoms. The van der Waals surface area contributed by atoms with Crippen LogP contribution in [0.5, 0.6) is 11.5 Å². The summed E-state index contributed by atoms with van der Waals surface area (Å²) in [6, 6.07) is 19.4. The molecule has 3 heterocycles. The molecule has 1 amide bonds. The van der Waals surface area contributed by atoms with Crippen LogP contribution in [0.2, 0.25) is 0 Å². The van der Waals surface area contributed by atoms with Crippen molar-refractivity contribution in [1.29, 1.82) is 0 Å². The first-order valence-corrected chi connectivity index (χ1v) is 10.3. The van der Waals surface area contributed by atoms with Crippen molar-refractivity contribution in [3.8, 4) is 22.8 Å². The number of benzene rings is 3. The van der Waals surface area contributed by atoms with Crippen molar-refractivity contribution in [3.63, 3.8) is 0 Å². The number of carbonyl (C=O) groups is 1. The van der Waals surface area contributed by atoms with Crippen molar-refractivity contribution in [1.82, 2.24) is 0 Å². The number of para-hydroxylation sites is 1. The molecule has 7 nitrogen and oxygen atoms in total. The maximum absolute atomic E-state index is 13.2. The zero-order valence-corrected chi connectivity index (χ0v) is 17.5. The van der Waals surface area contributed by atoms with Crippen molar-refractivity contribution >= 4 is 33.5 Å². The first kappa shape index (κ1) is 19.2.